The van der Waals surface area contributed by atoms with Crippen molar-refractivity contribution in [3.63, 3.8) is 0 Å². The second-order valence-electron chi connectivity index (χ2n) is 6.25. The van der Waals surface area contributed by atoms with Crippen molar-refractivity contribution in [1.29, 1.82) is 0 Å². The van der Waals surface area contributed by atoms with Gasteiger partial charge in [0.25, 0.3) is 0 Å². The highest BCUT2D eigenvalue weighted by molar-refractivity contribution is 5.92. The van der Waals surface area contributed by atoms with E-state index in [0.717, 1.165) is 19.3 Å². The van der Waals surface area contributed by atoms with Gasteiger partial charge in [-0.3, -0.25) is 5.32 Å². The fraction of sp³-hybridized carbons (Fsp3) is 0.714. The zero-order valence-electron chi connectivity index (χ0n) is 12.3. The van der Waals surface area contributed by atoms with Crippen LogP contribution in [0.25, 0.3) is 0 Å². The molecule has 1 rings (SSSR count). The van der Waals surface area contributed by atoms with Crippen LogP contribution in [0, 0.1) is 5.41 Å². The molecule has 1 aliphatic rings. The van der Waals surface area contributed by atoms with Crippen LogP contribution >= 0.6 is 0 Å². The van der Waals surface area contributed by atoms with Gasteiger partial charge in [-0.2, -0.15) is 0 Å². The summed E-state index contributed by atoms with van der Waals surface area (Å²) < 4.78 is 9.76. The Kier molecular flexibility index (Phi) is 4.61. The molecule has 5 heteroatoms. The summed E-state index contributed by atoms with van der Waals surface area (Å²) in [5, 5.41) is 2.45. The number of esters is 1. The van der Waals surface area contributed by atoms with Crippen molar-refractivity contribution in [1.82, 2.24) is 5.32 Å². The quantitative estimate of drug-likeness (QED) is 0.629. The van der Waals surface area contributed by atoms with E-state index >= 15 is 0 Å². The number of alkyl carbamates (subject to hydrolysis) is 1. The first-order chi connectivity index (χ1) is 8.65. The molecule has 19 heavy (non-hydrogen) atoms. The topological polar surface area (TPSA) is 64.6 Å². The average molecular weight is 269 g/mol. The molecule has 5 nitrogen and oxygen atoms in total. The monoisotopic (exact) mass is 269 g/mol. The van der Waals surface area contributed by atoms with Gasteiger partial charge >= 0.3 is 12.1 Å². The van der Waals surface area contributed by atoms with E-state index in [2.05, 4.69) is 17.0 Å². The van der Waals surface area contributed by atoms with Crippen molar-refractivity contribution in [2.75, 3.05) is 7.11 Å². The lowest BCUT2D eigenvalue weighted by molar-refractivity contribution is -0.136. The number of amides is 1. The molecule has 0 bridgehead atoms. The smallest absolute Gasteiger partial charge is 0.412 e. The number of ether oxygens (including phenoxy) is 2. The van der Waals surface area contributed by atoms with Crippen LogP contribution in [0.2, 0.25) is 0 Å². The van der Waals surface area contributed by atoms with Gasteiger partial charge in [0.15, 0.2) is 0 Å². The molecule has 1 aliphatic carbocycles. The highest BCUT2D eigenvalue weighted by atomic mass is 16.6. The third-order valence-corrected chi connectivity index (χ3v) is 2.94. The van der Waals surface area contributed by atoms with Gasteiger partial charge in [-0.15, -0.1) is 0 Å². The normalized spacial score (nSPS) is 17.6. The van der Waals surface area contributed by atoms with Crippen LogP contribution in [0.1, 0.15) is 47.0 Å². The predicted molar refractivity (Wildman–Crippen MR) is 71.4 cm³/mol. The number of hydrogen-bond donors (Lipinski definition) is 1. The molecule has 108 valence electrons. The SMILES string of the molecule is COC(=O)C(=CCC1(C)CC1)NC(=O)OC(C)(C)C. The minimum atomic E-state index is -0.648. The van der Waals surface area contributed by atoms with Crippen molar-refractivity contribution in [2.45, 2.75) is 52.6 Å². The van der Waals surface area contributed by atoms with Gasteiger partial charge in [0.05, 0.1) is 7.11 Å². The predicted octanol–water partition coefficient (Wildman–Crippen LogP) is 2.76. The largest absolute Gasteiger partial charge is 0.464 e. The van der Waals surface area contributed by atoms with E-state index in [-0.39, 0.29) is 11.1 Å². The van der Waals surface area contributed by atoms with Crippen LogP contribution in [0.5, 0.6) is 0 Å². The number of allylic oxidation sites excluding steroid dienone is 1. The van der Waals surface area contributed by atoms with Crippen molar-refractivity contribution in [3.05, 3.63) is 11.8 Å². The Balaban J connectivity index is 2.64. The van der Waals surface area contributed by atoms with Gasteiger partial charge in [-0.1, -0.05) is 13.0 Å². The number of rotatable bonds is 4. The number of hydrogen-bond acceptors (Lipinski definition) is 4. The summed E-state index contributed by atoms with van der Waals surface area (Å²) in [7, 11) is 1.28. The van der Waals surface area contributed by atoms with Crippen molar-refractivity contribution in [2.24, 2.45) is 5.41 Å². The summed E-state index contributed by atoms with van der Waals surface area (Å²) in [6, 6.07) is 0. The Morgan fingerprint density at radius 3 is 2.32 bits per heavy atom. The second-order valence-corrected chi connectivity index (χ2v) is 6.25. The summed E-state index contributed by atoms with van der Waals surface area (Å²) in [6.45, 7) is 7.43. The molecule has 0 saturated heterocycles. The first-order valence-corrected chi connectivity index (χ1v) is 6.44. The molecule has 0 heterocycles. The number of carbonyl (C=O) groups is 2. The van der Waals surface area contributed by atoms with Crippen LogP contribution in [0.4, 0.5) is 4.79 Å². The van der Waals surface area contributed by atoms with Gasteiger partial charge in [-0.25, -0.2) is 9.59 Å². The van der Waals surface area contributed by atoms with E-state index in [1.807, 2.05) is 0 Å². The molecule has 1 fully saturated rings. The van der Waals surface area contributed by atoms with E-state index in [9.17, 15) is 9.59 Å². The van der Waals surface area contributed by atoms with Gasteiger partial charge in [0.2, 0.25) is 0 Å². The van der Waals surface area contributed by atoms with Gasteiger partial charge in [-0.05, 0) is 45.4 Å². The standard InChI is InChI=1S/C14H23NO4/c1-13(2,3)19-12(17)15-10(11(16)18-5)6-7-14(4)8-9-14/h6H,7-9H2,1-5H3,(H,15,17). The molecule has 1 saturated carbocycles. The molecule has 0 unspecified atom stereocenters. The molecule has 0 atom stereocenters. The fourth-order valence-electron chi connectivity index (χ4n) is 1.47. The lowest BCUT2D eigenvalue weighted by Crippen LogP contribution is -2.34. The number of carbonyl (C=O) groups excluding carboxylic acids is 2. The Bertz CT molecular complexity index is 389. The average Bonchev–Trinajstić information content (AvgIpc) is 2.99. The van der Waals surface area contributed by atoms with E-state index in [0.29, 0.717) is 0 Å². The van der Waals surface area contributed by atoms with Crippen LogP contribution < -0.4 is 5.32 Å². The van der Waals surface area contributed by atoms with Gasteiger partial charge in [0.1, 0.15) is 11.3 Å². The fourth-order valence-corrected chi connectivity index (χ4v) is 1.47. The lowest BCUT2D eigenvalue weighted by Gasteiger charge is -2.20. The highest BCUT2D eigenvalue weighted by Crippen LogP contribution is 2.48. The first kappa shape index (κ1) is 15.5. The molecule has 0 aromatic heterocycles. The molecular formula is C14H23NO4. The maximum atomic E-state index is 11.6. The maximum Gasteiger partial charge on any atom is 0.412 e. The van der Waals surface area contributed by atoms with E-state index < -0.39 is 17.7 Å². The highest BCUT2D eigenvalue weighted by Gasteiger charge is 2.36. The molecule has 1 amide bonds. The molecule has 0 aromatic rings. The third-order valence-electron chi connectivity index (χ3n) is 2.94. The van der Waals surface area contributed by atoms with E-state index in [1.165, 1.54) is 7.11 Å². The summed E-state index contributed by atoms with van der Waals surface area (Å²) in [4.78, 5) is 23.2. The lowest BCUT2D eigenvalue weighted by atomic mass is 10.1. The zero-order chi connectivity index (χ0) is 14.7. The number of nitrogens with one attached hydrogen (secondary N) is 1. The van der Waals surface area contributed by atoms with Crippen LogP contribution in [-0.2, 0) is 14.3 Å². The Morgan fingerprint density at radius 2 is 1.89 bits per heavy atom. The van der Waals surface area contributed by atoms with Crippen LogP contribution in [0.3, 0.4) is 0 Å². The Morgan fingerprint density at radius 1 is 1.32 bits per heavy atom. The minimum Gasteiger partial charge on any atom is -0.464 e. The molecule has 0 radical (unpaired) electrons. The van der Waals surface area contributed by atoms with Crippen molar-refractivity contribution in [3.8, 4) is 0 Å². The van der Waals surface area contributed by atoms with Crippen LogP contribution in [0.15, 0.2) is 11.8 Å². The summed E-state index contributed by atoms with van der Waals surface area (Å²) in [5.41, 5.74) is -0.201. The van der Waals surface area contributed by atoms with Crippen LogP contribution in [-0.4, -0.2) is 24.8 Å². The van der Waals surface area contributed by atoms with Gasteiger partial charge < -0.3 is 9.47 Å². The van der Waals surface area contributed by atoms with E-state index in [1.54, 1.807) is 26.8 Å². The molecule has 0 spiro atoms. The Hall–Kier alpha value is -1.52. The summed E-state index contributed by atoms with van der Waals surface area (Å²) in [6.07, 6.45) is 4.09. The van der Waals surface area contributed by atoms with Crippen molar-refractivity contribution >= 4 is 12.1 Å². The molecule has 1 N–H and O–H groups in total. The Labute approximate surface area is 114 Å². The van der Waals surface area contributed by atoms with Gasteiger partial charge in [0, 0.05) is 0 Å². The minimum absolute atomic E-state index is 0.143. The first-order valence-electron chi connectivity index (χ1n) is 6.44. The summed E-state index contributed by atoms with van der Waals surface area (Å²) in [5.74, 6) is -0.560. The molecular weight excluding hydrogens is 246 g/mol. The van der Waals surface area contributed by atoms with E-state index in [4.69, 9.17) is 4.74 Å². The molecule has 0 aliphatic heterocycles. The molecule has 0 aromatic carbocycles. The maximum absolute atomic E-state index is 11.6. The number of methoxy groups -OCH3 is 1. The second kappa shape index (κ2) is 5.63. The summed E-state index contributed by atoms with van der Waals surface area (Å²) >= 11 is 0. The van der Waals surface area contributed by atoms with Crippen molar-refractivity contribution < 1.29 is 19.1 Å². The third kappa shape index (κ3) is 5.77. The zero-order valence-corrected chi connectivity index (χ0v) is 12.3.